The van der Waals surface area contributed by atoms with Gasteiger partial charge in [-0.25, -0.2) is 4.79 Å². The average Bonchev–Trinajstić information content (AvgIpc) is 3.03. The van der Waals surface area contributed by atoms with Gasteiger partial charge in [-0.15, -0.1) is 0 Å². The molecule has 0 aromatic carbocycles. The van der Waals surface area contributed by atoms with E-state index in [1.165, 1.54) is 11.9 Å². The third-order valence-electron chi connectivity index (χ3n) is 4.79. The van der Waals surface area contributed by atoms with Crippen LogP contribution in [0.2, 0.25) is 0 Å². The van der Waals surface area contributed by atoms with Gasteiger partial charge in [0, 0.05) is 26.8 Å². The highest BCUT2D eigenvalue weighted by atomic mass is 16.2. The van der Waals surface area contributed by atoms with Gasteiger partial charge in [0.2, 0.25) is 5.91 Å². The number of carbonyl (C=O) groups is 3. The van der Waals surface area contributed by atoms with Crippen LogP contribution in [0, 0.1) is 5.92 Å². The maximum absolute atomic E-state index is 12.8. The van der Waals surface area contributed by atoms with Gasteiger partial charge in [0.25, 0.3) is 5.91 Å². The Morgan fingerprint density at radius 1 is 1.31 bits per heavy atom. The Kier molecular flexibility index (Phi) is 4.92. The molecule has 2 aliphatic heterocycles. The highest BCUT2D eigenvalue weighted by Gasteiger charge is 2.50. The van der Waals surface area contributed by atoms with Crippen LogP contribution in [0.5, 0.6) is 0 Å². The number of unbranched alkanes of at least 4 members (excludes halogenated alkanes) is 1. The lowest BCUT2D eigenvalue weighted by atomic mass is 10.0. The molecule has 1 aromatic rings. The number of rotatable bonds is 5. The lowest BCUT2D eigenvalue weighted by Crippen LogP contribution is -2.62. The van der Waals surface area contributed by atoms with E-state index in [2.05, 4.69) is 17.2 Å². The van der Waals surface area contributed by atoms with Gasteiger partial charge in [-0.05, 0) is 24.6 Å². The van der Waals surface area contributed by atoms with E-state index in [9.17, 15) is 14.4 Å². The number of anilines is 1. The van der Waals surface area contributed by atoms with Crippen molar-refractivity contribution >= 4 is 23.5 Å². The van der Waals surface area contributed by atoms with Crippen molar-refractivity contribution in [3.05, 3.63) is 36.3 Å². The van der Waals surface area contributed by atoms with E-state index in [-0.39, 0.29) is 17.8 Å². The number of aromatic nitrogens is 1. The molecular formula is C18H23N5O3. The Balaban J connectivity index is 1.90. The Morgan fingerprint density at radius 3 is 2.73 bits per heavy atom. The monoisotopic (exact) mass is 357 g/mol. The molecule has 8 nitrogen and oxygen atoms in total. The summed E-state index contributed by atoms with van der Waals surface area (Å²) in [5, 5.41) is 2.81. The first kappa shape index (κ1) is 17.9. The van der Waals surface area contributed by atoms with Crippen LogP contribution in [0.15, 0.2) is 36.3 Å². The molecule has 1 saturated heterocycles. The van der Waals surface area contributed by atoms with Crippen molar-refractivity contribution in [2.24, 2.45) is 5.92 Å². The molecule has 0 bridgehead atoms. The molecule has 26 heavy (non-hydrogen) atoms. The molecule has 3 rings (SSSR count). The van der Waals surface area contributed by atoms with Gasteiger partial charge in [0.05, 0.1) is 17.8 Å². The number of pyridine rings is 1. The van der Waals surface area contributed by atoms with Crippen molar-refractivity contribution in [2.75, 3.05) is 26.0 Å². The number of amides is 4. The first-order chi connectivity index (χ1) is 12.5. The van der Waals surface area contributed by atoms with Gasteiger partial charge in [0.1, 0.15) is 11.9 Å². The average molecular weight is 357 g/mol. The summed E-state index contributed by atoms with van der Waals surface area (Å²) in [6.45, 7) is 2.65. The summed E-state index contributed by atoms with van der Waals surface area (Å²) in [5.41, 5.74) is 0.997. The molecule has 1 aromatic heterocycles. The largest absolute Gasteiger partial charge is 0.346 e. The third-order valence-corrected chi connectivity index (χ3v) is 4.79. The fraction of sp³-hybridized carbons (Fsp3) is 0.444. The quantitative estimate of drug-likeness (QED) is 0.863. The second-order valence-electron chi connectivity index (χ2n) is 6.52. The van der Waals surface area contributed by atoms with Crippen LogP contribution < -0.4 is 5.32 Å². The van der Waals surface area contributed by atoms with Crippen molar-refractivity contribution in [3.8, 4) is 0 Å². The number of hydrogen-bond acceptors (Lipinski definition) is 5. The van der Waals surface area contributed by atoms with E-state index < -0.39 is 12.1 Å². The Morgan fingerprint density at radius 2 is 2.08 bits per heavy atom. The summed E-state index contributed by atoms with van der Waals surface area (Å²) < 4.78 is 0. The highest BCUT2D eigenvalue weighted by Crippen LogP contribution is 2.35. The van der Waals surface area contributed by atoms with E-state index >= 15 is 0 Å². The normalized spacial score (nSPS) is 22.4. The molecule has 0 saturated carbocycles. The summed E-state index contributed by atoms with van der Waals surface area (Å²) in [5.74, 6) is -1.14. The maximum atomic E-state index is 12.8. The lowest BCUT2D eigenvalue weighted by molar-refractivity contribution is -0.137. The molecule has 2 atom stereocenters. The smallest absolute Gasteiger partial charge is 0.327 e. The van der Waals surface area contributed by atoms with Gasteiger partial charge >= 0.3 is 6.03 Å². The minimum absolute atomic E-state index is 0.288. The van der Waals surface area contributed by atoms with Crippen LogP contribution >= 0.6 is 0 Å². The maximum Gasteiger partial charge on any atom is 0.327 e. The summed E-state index contributed by atoms with van der Waals surface area (Å²) in [4.78, 5) is 46.2. The first-order valence-electron chi connectivity index (χ1n) is 8.70. The van der Waals surface area contributed by atoms with Crippen LogP contribution in [0.1, 0.15) is 19.8 Å². The number of nitrogens with one attached hydrogen (secondary N) is 1. The first-order valence-corrected chi connectivity index (χ1v) is 8.70. The van der Waals surface area contributed by atoms with Crippen LogP contribution in [0.25, 0.3) is 0 Å². The standard InChI is InChI=1S/C18H23N5O3/c1-4-5-9-23-14(15(24)20-12-7-6-8-19-11-12)10-13-16(23)21(2)18(26)22(3)17(13)25/h6-8,10-11,13,16H,4-5,9H2,1-3H3,(H,20,24). The van der Waals surface area contributed by atoms with Crippen molar-refractivity contribution in [1.82, 2.24) is 19.7 Å². The minimum atomic E-state index is -0.547. The summed E-state index contributed by atoms with van der Waals surface area (Å²) in [7, 11) is 3.13. The molecule has 4 amide bonds. The Hall–Kier alpha value is -2.90. The number of fused-ring (bicyclic) bond motifs is 1. The number of imide groups is 1. The molecule has 138 valence electrons. The highest BCUT2D eigenvalue weighted by molar-refractivity contribution is 6.06. The lowest BCUT2D eigenvalue weighted by Gasteiger charge is -2.43. The summed E-state index contributed by atoms with van der Waals surface area (Å²) >= 11 is 0. The minimum Gasteiger partial charge on any atom is -0.346 e. The van der Waals surface area contributed by atoms with E-state index in [1.807, 2.05) is 4.90 Å². The van der Waals surface area contributed by atoms with Gasteiger partial charge in [-0.1, -0.05) is 13.3 Å². The van der Waals surface area contributed by atoms with Crippen molar-refractivity contribution in [2.45, 2.75) is 25.9 Å². The summed E-state index contributed by atoms with van der Waals surface area (Å²) in [6.07, 6.45) is 6.19. The number of nitrogens with zero attached hydrogens (tertiary/aromatic N) is 4. The zero-order valence-electron chi connectivity index (χ0n) is 15.2. The van der Waals surface area contributed by atoms with E-state index in [1.54, 1.807) is 37.7 Å². The van der Waals surface area contributed by atoms with Crippen LogP contribution in [0.3, 0.4) is 0 Å². The number of hydrogen-bond donors (Lipinski definition) is 1. The zero-order chi connectivity index (χ0) is 18.8. The molecule has 1 N–H and O–H groups in total. The molecular weight excluding hydrogens is 334 g/mol. The van der Waals surface area contributed by atoms with Crippen molar-refractivity contribution in [1.29, 1.82) is 0 Å². The molecule has 3 heterocycles. The third kappa shape index (κ3) is 3.02. The molecule has 2 unspecified atom stereocenters. The molecule has 8 heteroatoms. The molecule has 1 fully saturated rings. The topological polar surface area (TPSA) is 85.9 Å². The predicted molar refractivity (Wildman–Crippen MR) is 95.8 cm³/mol. The second-order valence-corrected chi connectivity index (χ2v) is 6.52. The number of carbonyl (C=O) groups excluding carboxylic acids is 3. The van der Waals surface area contributed by atoms with Crippen LogP contribution in [0.4, 0.5) is 10.5 Å². The summed E-state index contributed by atoms with van der Waals surface area (Å²) in [6, 6.07) is 3.12. The SMILES string of the molecule is CCCCN1C(C(=O)Nc2cccnc2)=CC2C(=O)N(C)C(=O)N(C)C21. The van der Waals surface area contributed by atoms with Gasteiger partial charge in [-0.3, -0.25) is 19.5 Å². The molecule has 0 aliphatic carbocycles. The van der Waals surface area contributed by atoms with Crippen molar-refractivity contribution in [3.63, 3.8) is 0 Å². The molecule has 2 aliphatic rings. The van der Waals surface area contributed by atoms with Crippen LogP contribution in [-0.2, 0) is 9.59 Å². The fourth-order valence-corrected chi connectivity index (χ4v) is 3.42. The Labute approximate surface area is 152 Å². The van der Waals surface area contributed by atoms with E-state index in [0.29, 0.717) is 17.9 Å². The van der Waals surface area contributed by atoms with Crippen molar-refractivity contribution < 1.29 is 14.4 Å². The molecule has 0 radical (unpaired) electrons. The number of urea groups is 1. The van der Waals surface area contributed by atoms with Gasteiger partial charge in [-0.2, -0.15) is 0 Å². The van der Waals surface area contributed by atoms with Gasteiger partial charge in [0.15, 0.2) is 0 Å². The van der Waals surface area contributed by atoms with Crippen LogP contribution in [-0.4, -0.2) is 64.3 Å². The van der Waals surface area contributed by atoms with Gasteiger partial charge < -0.3 is 15.1 Å². The predicted octanol–water partition coefficient (Wildman–Crippen LogP) is 1.49. The van der Waals surface area contributed by atoms with E-state index in [4.69, 9.17) is 0 Å². The zero-order valence-corrected chi connectivity index (χ0v) is 15.2. The Bertz CT molecular complexity index is 748. The van der Waals surface area contributed by atoms with E-state index in [0.717, 1.165) is 17.7 Å². The molecule has 0 spiro atoms. The second kappa shape index (κ2) is 7.15. The fourth-order valence-electron chi connectivity index (χ4n) is 3.42.